The minimum Gasteiger partial charge on any atom is -0.345 e. The largest absolute Gasteiger partial charge is 0.345 e. The lowest BCUT2D eigenvalue weighted by atomic mass is 10.0. The second kappa shape index (κ2) is 6.48. The molecule has 2 aromatic carbocycles. The molecule has 2 atom stereocenters. The van der Waals surface area contributed by atoms with E-state index < -0.39 is 0 Å². The van der Waals surface area contributed by atoms with Crippen molar-refractivity contribution in [3.8, 4) is 0 Å². The average molecular weight is 361 g/mol. The molecule has 0 bridgehead atoms. The third-order valence-electron chi connectivity index (χ3n) is 5.68. The van der Waals surface area contributed by atoms with Gasteiger partial charge in [-0.25, -0.2) is 10.4 Å². The molecule has 27 heavy (non-hydrogen) atoms. The highest BCUT2D eigenvalue weighted by Gasteiger charge is 2.47. The quantitative estimate of drug-likeness (QED) is 0.651. The zero-order valence-corrected chi connectivity index (χ0v) is 15.1. The number of amides is 1. The summed E-state index contributed by atoms with van der Waals surface area (Å²) in [5.41, 5.74) is 9.60. The molecule has 0 spiro atoms. The summed E-state index contributed by atoms with van der Waals surface area (Å²) in [4.78, 5) is 17.2. The van der Waals surface area contributed by atoms with Gasteiger partial charge in [-0.3, -0.25) is 10.2 Å². The first-order valence-electron chi connectivity index (χ1n) is 9.52. The minimum absolute atomic E-state index is 0.0712. The predicted octanol–water partition coefficient (Wildman–Crippen LogP) is 2.08. The van der Waals surface area contributed by atoms with E-state index in [1.54, 1.807) is 0 Å². The van der Waals surface area contributed by atoms with Crippen molar-refractivity contribution in [1.82, 2.24) is 25.7 Å². The lowest BCUT2D eigenvalue weighted by Crippen LogP contribution is -2.47. The van der Waals surface area contributed by atoms with Crippen LogP contribution in [-0.2, 0) is 16.9 Å². The molecule has 2 aliphatic rings. The Morgan fingerprint density at radius 1 is 1.11 bits per heavy atom. The maximum atomic E-state index is 12.8. The summed E-state index contributed by atoms with van der Waals surface area (Å²) in [6.07, 6.45) is 4.64. The van der Waals surface area contributed by atoms with E-state index >= 15 is 0 Å². The van der Waals surface area contributed by atoms with Crippen LogP contribution in [0.15, 0.2) is 60.9 Å². The zero-order chi connectivity index (χ0) is 18.3. The summed E-state index contributed by atoms with van der Waals surface area (Å²) in [6.45, 7) is 0.779. The van der Waals surface area contributed by atoms with E-state index in [0.717, 1.165) is 36.8 Å². The summed E-state index contributed by atoms with van der Waals surface area (Å²) >= 11 is 0. The van der Waals surface area contributed by atoms with Gasteiger partial charge >= 0.3 is 0 Å². The molecule has 2 heterocycles. The molecule has 3 aromatic rings. The van der Waals surface area contributed by atoms with Crippen LogP contribution >= 0.6 is 0 Å². The summed E-state index contributed by atoms with van der Waals surface area (Å²) in [6, 6.07) is 18.3. The Balaban J connectivity index is 1.23. The number of hydrogen-bond donors (Lipinski definition) is 3. The van der Waals surface area contributed by atoms with Crippen molar-refractivity contribution in [3.05, 3.63) is 66.5 Å². The van der Waals surface area contributed by atoms with Crippen molar-refractivity contribution < 1.29 is 4.79 Å². The Morgan fingerprint density at radius 2 is 1.89 bits per heavy atom. The summed E-state index contributed by atoms with van der Waals surface area (Å²) in [5, 5.41) is 3.27. The van der Waals surface area contributed by atoms with Crippen LogP contribution < -0.4 is 16.2 Å². The second-order valence-corrected chi connectivity index (χ2v) is 7.60. The molecule has 2 unspecified atom stereocenters. The number of hydrogen-bond acceptors (Lipinski definition) is 4. The molecule has 0 radical (unpaired) electrons. The van der Waals surface area contributed by atoms with E-state index in [4.69, 9.17) is 0 Å². The Hall–Kier alpha value is -2.70. The first-order chi connectivity index (χ1) is 13.2. The van der Waals surface area contributed by atoms with Crippen LogP contribution in [0.4, 0.5) is 0 Å². The highest BCUT2D eigenvalue weighted by molar-refractivity contribution is 5.83. The normalized spacial score (nSPS) is 23.4. The van der Waals surface area contributed by atoms with Crippen LogP contribution in [0.25, 0.3) is 11.0 Å². The Labute approximate surface area is 157 Å². The average Bonchev–Trinajstić information content (AvgIpc) is 3.15. The molecule has 1 saturated carbocycles. The van der Waals surface area contributed by atoms with E-state index in [0.29, 0.717) is 0 Å². The SMILES string of the molecule is O=C(NC1(c2ccccc2)CC1)C1CC(Cn2cnc3ccccc32)NN1. The van der Waals surface area contributed by atoms with Crippen LogP contribution in [0.2, 0.25) is 0 Å². The van der Waals surface area contributed by atoms with E-state index in [1.807, 2.05) is 42.7 Å². The van der Waals surface area contributed by atoms with Crippen LogP contribution in [0.3, 0.4) is 0 Å². The summed E-state index contributed by atoms with van der Waals surface area (Å²) in [7, 11) is 0. The van der Waals surface area contributed by atoms with Gasteiger partial charge in [0.2, 0.25) is 5.91 Å². The number of carbonyl (C=O) groups is 1. The number of aromatic nitrogens is 2. The van der Waals surface area contributed by atoms with E-state index in [9.17, 15) is 4.79 Å². The van der Waals surface area contributed by atoms with Gasteiger partial charge in [0.1, 0.15) is 6.04 Å². The highest BCUT2D eigenvalue weighted by atomic mass is 16.2. The lowest BCUT2D eigenvalue weighted by molar-refractivity contribution is -0.124. The van der Waals surface area contributed by atoms with Crippen LogP contribution in [0.1, 0.15) is 24.8 Å². The minimum atomic E-state index is -0.217. The van der Waals surface area contributed by atoms with Crippen LogP contribution in [0, 0.1) is 0 Å². The molecule has 1 aliphatic heterocycles. The van der Waals surface area contributed by atoms with Crippen molar-refractivity contribution in [1.29, 1.82) is 0 Å². The molecule has 6 heteroatoms. The third kappa shape index (κ3) is 3.11. The maximum absolute atomic E-state index is 12.8. The van der Waals surface area contributed by atoms with Crippen LogP contribution in [0.5, 0.6) is 0 Å². The molecule has 1 aromatic heterocycles. The van der Waals surface area contributed by atoms with Gasteiger partial charge in [0.15, 0.2) is 0 Å². The molecule has 138 valence electrons. The molecule has 6 nitrogen and oxygen atoms in total. The van der Waals surface area contributed by atoms with Gasteiger partial charge in [0.05, 0.1) is 22.9 Å². The van der Waals surface area contributed by atoms with Crippen molar-refractivity contribution in [2.45, 2.75) is 43.4 Å². The molecule has 1 saturated heterocycles. The van der Waals surface area contributed by atoms with Crippen molar-refractivity contribution in [2.75, 3.05) is 0 Å². The summed E-state index contributed by atoms with van der Waals surface area (Å²) < 4.78 is 2.14. The van der Waals surface area contributed by atoms with Gasteiger partial charge in [-0.05, 0) is 37.0 Å². The van der Waals surface area contributed by atoms with E-state index in [1.165, 1.54) is 5.56 Å². The van der Waals surface area contributed by atoms with Crippen molar-refractivity contribution in [3.63, 3.8) is 0 Å². The summed E-state index contributed by atoms with van der Waals surface area (Å²) in [5.74, 6) is 0.0712. The number of imidazole rings is 1. The molecule has 2 fully saturated rings. The number of rotatable bonds is 5. The van der Waals surface area contributed by atoms with Gasteiger partial charge in [-0.2, -0.15) is 0 Å². The number of hydrazine groups is 1. The Morgan fingerprint density at radius 3 is 2.70 bits per heavy atom. The van der Waals surface area contributed by atoms with Gasteiger partial charge < -0.3 is 9.88 Å². The fourth-order valence-electron chi connectivity index (χ4n) is 4.00. The fraction of sp³-hybridized carbons (Fsp3) is 0.333. The number of benzene rings is 2. The number of fused-ring (bicyclic) bond motifs is 1. The number of nitrogens with one attached hydrogen (secondary N) is 3. The van der Waals surface area contributed by atoms with Crippen LogP contribution in [-0.4, -0.2) is 27.5 Å². The number of carbonyl (C=O) groups excluding carboxylic acids is 1. The third-order valence-corrected chi connectivity index (χ3v) is 5.68. The molecular weight excluding hydrogens is 338 g/mol. The monoisotopic (exact) mass is 361 g/mol. The van der Waals surface area contributed by atoms with E-state index in [-0.39, 0.29) is 23.5 Å². The fourth-order valence-corrected chi connectivity index (χ4v) is 4.00. The zero-order valence-electron chi connectivity index (χ0n) is 15.1. The smallest absolute Gasteiger partial charge is 0.239 e. The van der Waals surface area contributed by atoms with E-state index in [2.05, 4.69) is 43.9 Å². The first-order valence-corrected chi connectivity index (χ1v) is 9.52. The lowest BCUT2D eigenvalue weighted by Gasteiger charge is -2.20. The van der Waals surface area contributed by atoms with Gasteiger partial charge in [0, 0.05) is 12.6 Å². The second-order valence-electron chi connectivity index (χ2n) is 7.60. The first kappa shape index (κ1) is 16.5. The maximum Gasteiger partial charge on any atom is 0.239 e. The number of para-hydroxylation sites is 2. The number of nitrogens with zero attached hydrogens (tertiary/aromatic N) is 2. The molecule has 1 amide bonds. The predicted molar refractivity (Wildman–Crippen MR) is 104 cm³/mol. The van der Waals surface area contributed by atoms with Gasteiger partial charge in [-0.15, -0.1) is 0 Å². The molecule has 1 aliphatic carbocycles. The topological polar surface area (TPSA) is 71.0 Å². The van der Waals surface area contributed by atoms with Crippen molar-refractivity contribution >= 4 is 16.9 Å². The molecule has 5 rings (SSSR count). The van der Waals surface area contributed by atoms with Gasteiger partial charge in [0.25, 0.3) is 0 Å². The van der Waals surface area contributed by atoms with Gasteiger partial charge in [-0.1, -0.05) is 42.5 Å². The Kier molecular flexibility index (Phi) is 3.95. The standard InChI is InChI=1S/C21H23N5O/c27-20(23-21(10-11-21)15-6-2-1-3-7-15)18-12-16(24-25-18)13-26-14-22-17-8-4-5-9-19(17)26/h1-9,14,16,18,24-25H,10-13H2,(H,23,27). The highest BCUT2D eigenvalue weighted by Crippen LogP contribution is 2.45. The molecule has 3 N–H and O–H groups in total. The Bertz CT molecular complexity index is 963. The van der Waals surface area contributed by atoms with Crippen molar-refractivity contribution in [2.24, 2.45) is 0 Å². The molecular formula is C21H23N5O.